The first-order valence-corrected chi connectivity index (χ1v) is 4.76. The van der Waals surface area contributed by atoms with Gasteiger partial charge in [-0.15, -0.1) is 0 Å². The summed E-state index contributed by atoms with van der Waals surface area (Å²) in [7, 11) is -10.4. The van der Waals surface area contributed by atoms with Gasteiger partial charge in [0.1, 0.15) is 0 Å². The number of rotatable bonds is 2. The Morgan fingerprint density at radius 1 is 1.15 bits per heavy atom. The van der Waals surface area contributed by atoms with Crippen molar-refractivity contribution < 1.29 is 92.1 Å². The molecule has 0 aromatic heterocycles. The van der Waals surface area contributed by atoms with E-state index in [-0.39, 0.29) is 59.1 Å². The monoisotopic (exact) mass is 249 g/mol. The second kappa shape index (κ2) is 10.3. The molecule has 3 N–H and O–H groups in total. The first-order valence-electron chi connectivity index (χ1n) is 1.74. The molecule has 0 bridgehead atoms. The van der Waals surface area contributed by atoms with E-state index in [0.717, 1.165) is 0 Å². The molecule has 0 aliphatic heterocycles. The van der Waals surface area contributed by atoms with Crippen LogP contribution in [0.4, 0.5) is 0 Å². The zero-order valence-corrected chi connectivity index (χ0v) is 12.6. The molecule has 0 fully saturated rings. The van der Waals surface area contributed by atoms with Gasteiger partial charge in [0.25, 0.3) is 7.82 Å². The van der Waals surface area contributed by atoms with Gasteiger partial charge >= 0.3 is 66.9 Å². The fourth-order valence-electron chi connectivity index (χ4n) is 0.134. The molecule has 0 spiro atoms. The summed E-state index contributed by atoms with van der Waals surface area (Å²) in [6.45, 7) is 4.75. The molecule has 0 amide bonds. The molecule has 0 heterocycles. The maximum atomic E-state index is 9.59. The van der Waals surface area contributed by atoms with Crippen molar-refractivity contribution in [2.24, 2.45) is 0 Å². The van der Waals surface area contributed by atoms with Crippen LogP contribution in [0.5, 0.6) is 0 Å². The van der Waals surface area contributed by atoms with Gasteiger partial charge in [0, 0.05) is 0 Å². The predicted molar refractivity (Wildman–Crippen MR) is 27.9 cm³/mol. The molecule has 0 aliphatic carbocycles. The van der Waals surface area contributed by atoms with E-state index in [4.69, 9.17) is 26.5 Å². The van der Waals surface area contributed by atoms with Crippen molar-refractivity contribution in [1.82, 2.24) is 0 Å². The fraction of sp³-hybridized carbons (Fsp3) is 0. The van der Waals surface area contributed by atoms with Gasteiger partial charge in [0.15, 0.2) is 0 Å². The van der Waals surface area contributed by atoms with Gasteiger partial charge in [0.05, 0.1) is 0 Å². The number of nitrogens with zero attached hydrogens (tertiary/aromatic N) is 1. The van der Waals surface area contributed by atoms with Gasteiger partial charge in [-0.2, -0.15) is 0 Å². The summed E-state index contributed by atoms with van der Waals surface area (Å²) in [5.74, 6) is 0. The Bertz CT molecular complexity index is 196. The molecule has 0 aromatic carbocycles. The minimum absolute atomic E-state index is 0. The standard InChI is InChI=1S/CN.2Na.H4O7P2/c1-2;;;1-8(2,3)7-9(4,5)6/h;;;(H2,1,2,3)(H2,4,5,6)/q-1;2*+1;/p-1. The topological polar surface area (TPSA) is 151 Å². The summed E-state index contributed by atoms with van der Waals surface area (Å²) in [6, 6.07) is 0. The van der Waals surface area contributed by atoms with Gasteiger partial charge in [-0.1, -0.05) is 0 Å². The first kappa shape index (κ1) is 24.1. The third-order valence-corrected chi connectivity index (χ3v) is 1.89. The van der Waals surface area contributed by atoms with E-state index in [0.29, 0.717) is 0 Å². The Balaban J connectivity index is -0.0000000941. The molecule has 8 nitrogen and oxygen atoms in total. The average Bonchev–Trinajstić information content (AvgIpc) is 1.60. The van der Waals surface area contributed by atoms with Gasteiger partial charge in [-0.05, 0) is 0 Å². The summed E-state index contributed by atoms with van der Waals surface area (Å²) in [6.07, 6.45) is 0. The van der Waals surface area contributed by atoms with Crippen LogP contribution < -0.4 is 64.0 Å². The summed E-state index contributed by atoms with van der Waals surface area (Å²) in [4.78, 5) is 32.6. The van der Waals surface area contributed by atoms with E-state index < -0.39 is 15.6 Å². The Morgan fingerprint density at radius 2 is 1.38 bits per heavy atom. The smallest absolute Gasteiger partial charge is 0.756 e. The molecule has 1 unspecified atom stereocenters. The molecule has 0 aliphatic rings. The minimum atomic E-state index is -5.30. The summed E-state index contributed by atoms with van der Waals surface area (Å²) in [5, 5.41) is 6.25. The van der Waals surface area contributed by atoms with Crippen LogP contribution in [0.2, 0.25) is 0 Å². The average molecular weight is 249 g/mol. The van der Waals surface area contributed by atoms with E-state index in [2.05, 4.69) is 4.31 Å². The van der Waals surface area contributed by atoms with Crippen LogP contribution in [0, 0.1) is 11.8 Å². The molecule has 0 rings (SSSR count). The van der Waals surface area contributed by atoms with Crippen LogP contribution in [0.3, 0.4) is 0 Å². The van der Waals surface area contributed by atoms with Crippen LogP contribution in [0.25, 0.3) is 0 Å². The number of hydrogen-bond donors (Lipinski definition) is 3. The van der Waals surface area contributed by atoms with Crippen LogP contribution in [-0.2, 0) is 13.4 Å². The zero-order valence-electron chi connectivity index (χ0n) is 6.82. The van der Waals surface area contributed by atoms with Gasteiger partial charge in [0.2, 0.25) is 0 Å². The molecule has 13 heavy (non-hydrogen) atoms. The largest absolute Gasteiger partial charge is 1.00 e. The molecule has 0 saturated carbocycles. The molecule has 0 aromatic rings. The Labute approximate surface area is 118 Å². The van der Waals surface area contributed by atoms with Gasteiger partial charge in [-0.25, -0.2) is 8.88 Å². The molecule has 12 heteroatoms. The number of hydrogen-bond acceptors (Lipinski definition) is 5. The van der Waals surface area contributed by atoms with Crippen molar-refractivity contribution in [2.45, 2.75) is 0 Å². The van der Waals surface area contributed by atoms with E-state index in [1.165, 1.54) is 0 Å². The predicted octanol–water partition coefficient (Wildman–Crippen LogP) is -7.34. The second-order valence-electron chi connectivity index (χ2n) is 1.04. The maximum absolute atomic E-state index is 9.59. The van der Waals surface area contributed by atoms with Crippen LogP contribution in [-0.4, -0.2) is 14.7 Å². The quantitative estimate of drug-likeness (QED) is 0.248. The summed E-state index contributed by atoms with van der Waals surface area (Å²) in [5.41, 5.74) is 0. The second-order valence-corrected chi connectivity index (χ2v) is 3.61. The van der Waals surface area contributed by atoms with E-state index in [9.17, 15) is 14.0 Å². The van der Waals surface area contributed by atoms with Crippen molar-refractivity contribution >= 4 is 15.6 Å². The van der Waals surface area contributed by atoms with E-state index in [1.807, 2.05) is 0 Å². The third-order valence-electron chi connectivity index (χ3n) is 0.210. The van der Waals surface area contributed by atoms with Crippen LogP contribution in [0.1, 0.15) is 0 Å². The van der Waals surface area contributed by atoms with Gasteiger partial charge < -0.3 is 31.4 Å². The van der Waals surface area contributed by atoms with Gasteiger partial charge in [-0.3, -0.25) is 4.57 Å². The molecular weight excluding hydrogens is 246 g/mol. The third kappa shape index (κ3) is 31.6. The Morgan fingerprint density at radius 3 is 1.38 bits per heavy atom. The van der Waals surface area contributed by atoms with Crippen molar-refractivity contribution in [3.8, 4) is 0 Å². The molecule has 66 valence electrons. The van der Waals surface area contributed by atoms with Crippen molar-refractivity contribution in [2.75, 3.05) is 0 Å². The first-order chi connectivity index (χ1) is 4.71. The Hall–Kier alpha value is 1.75. The van der Waals surface area contributed by atoms with E-state index >= 15 is 0 Å². The van der Waals surface area contributed by atoms with E-state index in [1.54, 1.807) is 0 Å². The van der Waals surface area contributed by atoms with Crippen LogP contribution >= 0.6 is 15.6 Å². The van der Waals surface area contributed by atoms with Crippen molar-refractivity contribution in [3.05, 3.63) is 6.57 Å². The van der Waals surface area contributed by atoms with Crippen LogP contribution in [0.15, 0.2) is 0 Å². The summed E-state index contributed by atoms with van der Waals surface area (Å²) >= 11 is 0. The van der Waals surface area contributed by atoms with Crippen molar-refractivity contribution in [3.63, 3.8) is 0 Å². The maximum Gasteiger partial charge on any atom is 1.00 e. The normalized spacial score (nSPS) is 13.4. The Kier molecular flexibility index (Phi) is 19.1. The molecule has 1 atom stereocenters. The molecule has 0 saturated heterocycles. The fourth-order valence-corrected chi connectivity index (χ4v) is 1.21. The van der Waals surface area contributed by atoms with Crippen molar-refractivity contribution in [1.29, 1.82) is 5.26 Å². The molecule has 0 radical (unpaired) electrons. The minimum Gasteiger partial charge on any atom is -0.756 e. The summed E-state index contributed by atoms with van der Waals surface area (Å²) < 4.78 is 21.9. The zero-order chi connectivity index (χ0) is 9.71. The SMILES string of the molecule is O=P([O-])(O)OP(=O)(O)O.[C-]#N.[Na+].[Na+]. The number of phosphoric acid groups is 2. The molecular formula is CH3NNa2O7P2.